The van der Waals surface area contributed by atoms with Gasteiger partial charge in [-0.15, -0.1) is 0 Å². The van der Waals surface area contributed by atoms with Gasteiger partial charge in [0.05, 0.1) is 0 Å². The van der Waals surface area contributed by atoms with Gasteiger partial charge < -0.3 is 10.2 Å². The lowest BCUT2D eigenvalue weighted by molar-refractivity contribution is -0.136. The number of carbonyl (C=O) groups excluding carboxylic acids is 2. The van der Waals surface area contributed by atoms with E-state index < -0.39 is 6.04 Å². The van der Waals surface area contributed by atoms with Crippen molar-refractivity contribution in [1.29, 1.82) is 0 Å². The molecule has 1 atom stereocenters. The summed E-state index contributed by atoms with van der Waals surface area (Å²) in [6.45, 7) is 4.43. The molecule has 26 heavy (non-hydrogen) atoms. The zero-order chi connectivity index (χ0) is 19.1. The highest BCUT2D eigenvalue weighted by Crippen LogP contribution is 2.21. The highest BCUT2D eigenvalue weighted by molar-refractivity contribution is 9.10. The summed E-state index contributed by atoms with van der Waals surface area (Å²) >= 11 is 3.52. The molecule has 5 heteroatoms. The number of likely N-dealkylation sites (N-methyl/N-ethyl adjacent to an activating group) is 1. The molecule has 2 aromatic rings. The van der Waals surface area contributed by atoms with Crippen LogP contribution in [-0.2, 0) is 16.1 Å². The van der Waals surface area contributed by atoms with Crippen LogP contribution in [0.15, 0.2) is 59.1 Å². The number of rotatable bonds is 7. The van der Waals surface area contributed by atoms with Crippen molar-refractivity contribution in [2.24, 2.45) is 5.92 Å². The molecule has 0 saturated carbocycles. The van der Waals surface area contributed by atoms with Gasteiger partial charge in [-0.1, -0.05) is 78.3 Å². The van der Waals surface area contributed by atoms with E-state index in [-0.39, 0.29) is 17.7 Å². The van der Waals surface area contributed by atoms with Gasteiger partial charge in [0.1, 0.15) is 6.04 Å². The molecule has 0 aliphatic rings. The molecule has 1 N–H and O–H groups in total. The molecule has 0 aromatic heterocycles. The molecule has 0 fully saturated rings. The van der Waals surface area contributed by atoms with Crippen molar-refractivity contribution in [1.82, 2.24) is 10.2 Å². The van der Waals surface area contributed by atoms with Crippen molar-refractivity contribution in [3.05, 3.63) is 70.2 Å². The van der Waals surface area contributed by atoms with Crippen LogP contribution in [0.1, 0.15) is 37.4 Å². The Morgan fingerprint density at radius 3 is 2.27 bits per heavy atom. The van der Waals surface area contributed by atoms with Crippen molar-refractivity contribution in [3.63, 3.8) is 0 Å². The molecule has 0 aliphatic carbocycles. The summed E-state index contributed by atoms with van der Waals surface area (Å²) in [6, 6.07) is 16.5. The SMILES string of the molecule is CC(C)CC(=O)NC(C(=O)N(C)Cc1ccccc1Br)c1ccccc1. The van der Waals surface area contributed by atoms with E-state index in [1.165, 1.54) is 0 Å². The lowest BCUT2D eigenvalue weighted by Gasteiger charge is -2.25. The third kappa shape index (κ3) is 5.70. The van der Waals surface area contributed by atoms with E-state index in [1.807, 2.05) is 68.4 Å². The number of hydrogen-bond donors (Lipinski definition) is 1. The number of benzene rings is 2. The molecule has 2 aromatic carbocycles. The molecule has 138 valence electrons. The number of halogens is 1. The van der Waals surface area contributed by atoms with Crippen molar-refractivity contribution in [3.8, 4) is 0 Å². The summed E-state index contributed by atoms with van der Waals surface area (Å²) in [5.41, 5.74) is 1.80. The van der Waals surface area contributed by atoms with E-state index in [0.717, 1.165) is 15.6 Å². The molecule has 0 radical (unpaired) electrons. The molecule has 2 amide bonds. The second-order valence-electron chi connectivity index (χ2n) is 6.79. The quantitative estimate of drug-likeness (QED) is 0.730. The highest BCUT2D eigenvalue weighted by atomic mass is 79.9. The number of nitrogens with one attached hydrogen (secondary N) is 1. The molecular weight excluding hydrogens is 392 g/mol. The van der Waals surface area contributed by atoms with E-state index in [9.17, 15) is 9.59 Å². The first-order chi connectivity index (χ1) is 12.4. The topological polar surface area (TPSA) is 49.4 Å². The fourth-order valence-electron chi connectivity index (χ4n) is 2.70. The van der Waals surface area contributed by atoms with E-state index in [0.29, 0.717) is 13.0 Å². The lowest BCUT2D eigenvalue weighted by Crippen LogP contribution is -2.41. The van der Waals surface area contributed by atoms with E-state index in [4.69, 9.17) is 0 Å². The first-order valence-electron chi connectivity index (χ1n) is 8.71. The Bertz CT molecular complexity index is 747. The summed E-state index contributed by atoms with van der Waals surface area (Å²) in [5.74, 6) is -0.0138. The Kier molecular flexibility index (Phi) is 7.39. The van der Waals surface area contributed by atoms with Gasteiger partial charge in [0, 0.05) is 24.5 Å². The second kappa shape index (κ2) is 9.53. The van der Waals surface area contributed by atoms with Gasteiger partial charge in [-0.25, -0.2) is 0 Å². The van der Waals surface area contributed by atoms with Crippen LogP contribution >= 0.6 is 15.9 Å². The van der Waals surface area contributed by atoms with Crippen molar-refractivity contribution in [2.75, 3.05) is 7.05 Å². The summed E-state index contributed by atoms with van der Waals surface area (Å²) in [6.07, 6.45) is 0.393. The zero-order valence-electron chi connectivity index (χ0n) is 15.4. The van der Waals surface area contributed by atoms with Crippen LogP contribution in [0.25, 0.3) is 0 Å². The minimum absolute atomic E-state index is 0.114. The largest absolute Gasteiger partial charge is 0.341 e. The monoisotopic (exact) mass is 416 g/mol. The molecule has 1 unspecified atom stereocenters. The van der Waals surface area contributed by atoms with Crippen LogP contribution in [0, 0.1) is 5.92 Å². The Balaban J connectivity index is 2.19. The molecule has 2 rings (SSSR count). The second-order valence-corrected chi connectivity index (χ2v) is 7.65. The lowest BCUT2D eigenvalue weighted by atomic mass is 10.0. The van der Waals surface area contributed by atoms with Crippen molar-refractivity contribution >= 4 is 27.7 Å². The maximum absolute atomic E-state index is 13.1. The third-order valence-corrected chi connectivity index (χ3v) is 4.79. The third-order valence-electron chi connectivity index (χ3n) is 4.02. The first kappa shape index (κ1) is 20.2. The summed E-state index contributed by atoms with van der Waals surface area (Å²) in [5, 5.41) is 2.90. The van der Waals surface area contributed by atoms with Crippen LogP contribution in [0.5, 0.6) is 0 Å². The van der Waals surface area contributed by atoms with Gasteiger partial charge in [0.25, 0.3) is 0 Å². The minimum atomic E-state index is -0.685. The van der Waals surface area contributed by atoms with Crippen LogP contribution in [0.3, 0.4) is 0 Å². The van der Waals surface area contributed by atoms with Crippen molar-refractivity contribution in [2.45, 2.75) is 32.9 Å². The molecule has 0 spiro atoms. The molecule has 4 nitrogen and oxygen atoms in total. The van der Waals surface area contributed by atoms with Crippen LogP contribution in [0.4, 0.5) is 0 Å². The fourth-order valence-corrected chi connectivity index (χ4v) is 3.11. The summed E-state index contributed by atoms with van der Waals surface area (Å²) < 4.78 is 0.958. The normalized spacial score (nSPS) is 11.9. The predicted octanol–water partition coefficient (Wildman–Crippen LogP) is 4.31. The Hall–Kier alpha value is -2.14. The number of amides is 2. The standard InChI is InChI=1S/C21H25BrN2O2/c1-15(2)13-19(25)23-20(16-9-5-4-6-10-16)21(26)24(3)14-17-11-7-8-12-18(17)22/h4-12,15,20H,13-14H2,1-3H3,(H,23,25). The minimum Gasteiger partial charge on any atom is -0.341 e. The smallest absolute Gasteiger partial charge is 0.249 e. The molecule has 0 bridgehead atoms. The van der Waals surface area contributed by atoms with Gasteiger partial charge in [0.2, 0.25) is 11.8 Å². The Morgan fingerprint density at radius 2 is 1.65 bits per heavy atom. The first-order valence-corrected chi connectivity index (χ1v) is 9.50. The van der Waals surface area contributed by atoms with Gasteiger partial charge in [-0.3, -0.25) is 9.59 Å². The van der Waals surface area contributed by atoms with Gasteiger partial charge in [-0.2, -0.15) is 0 Å². The fraction of sp³-hybridized carbons (Fsp3) is 0.333. The van der Waals surface area contributed by atoms with E-state index in [1.54, 1.807) is 11.9 Å². The van der Waals surface area contributed by atoms with Crippen LogP contribution in [0.2, 0.25) is 0 Å². The van der Waals surface area contributed by atoms with Crippen LogP contribution < -0.4 is 5.32 Å². The van der Waals surface area contributed by atoms with Gasteiger partial charge in [-0.05, 0) is 23.1 Å². The average molecular weight is 417 g/mol. The Labute approximate surface area is 163 Å². The van der Waals surface area contributed by atoms with E-state index in [2.05, 4.69) is 21.2 Å². The Morgan fingerprint density at radius 1 is 1.04 bits per heavy atom. The van der Waals surface area contributed by atoms with Gasteiger partial charge >= 0.3 is 0 Å². The summed E-state index contributed by atoms with van der Waals surface area (Å²) in [7, 11) is 1.76. The zero-order valence-corrected chi connectivity index (χ0v) is 17.0. The highest BCUT2D eigenvalue weighted by Gasteiger charge is 2.26. The van der Waals surface area contributed by atoms with E-state index >= 15 is 0 Å². The number of carbonyl (C=O) groups is 2. The molecular formula is C21H25BrN2O2. The maximum Gasteiger partial charge on any atom is 0.249 e. The average Bonchev–Trinajstić information content (AvgIpc) is 2.61. The van der Waals surface area contributed by atoms with Crippen molar-refractivity contribution < 1.29 is 9.59 Å². The maximum atomic E-state index is 13.1. The molecule has 0 aliphatic heterocycles. The number of hydrogen-bond acceptors (Lipinski definition) is 2. The molecule has 0 saturated heterocycles. The summed E-state index contributed by atoms with van der Waals surface area (Å²) in [4.78, 5) is 27.0. The predicted molar refractivity (Wildman–Crippen MR) is 107 cm³/mol. The van der Waals surface area contributed by atoms with Gasteiger partial charge in [0.15, 0.2) is 0 Å². The number of nitrogens with zero attached hydrogens (tertiary/aromatic N) is 1. The molecule has 0 heterocycles. The van der Waals surface area contributed by atoms with Crippen LogP contribution in [-0.4, -0.2) is 23.8 Å².